The highest BCUT2D eigenvalue weighted by Crippen LogP contribution is 2.33. The molecule has 1 aliphatic rings. The summed E-state index contributed by atoms with van der Waals surface area (Å²) in [7, 11) is 0. The Morgan fingerprint density at radius 3 is 2.43 bits per heavy atom. The molecule has 7 nitrogen and oxygen atoms in total. The molecule has 176 valence electrons. The summed E-state index contributed by atoms with van der Waals surface area (Å²) in [4.78, 5) is 27.1. The lowest BCUT2D eigenvalue weighted by Gasteiger charge is -2.32. The lowest BCUT2D eigenvalue weighted by molar-refractivity contribution is -0.128. The van der Waals surface area contributed by atoms with Crippen molar-refractivity contribution in [3.8, 4) is 17.0 Å². The zero-order chi connectivity index (χ0) is 24.2. The van der Waals surface area contributed by atoms with Crippen LogP contribution in [0.15, 0.2) is 91.1 Å². The number of hydrogen-bond donors (Lipinski definition) is 1. The Hall–Kier alpha value is -4.39. The lowest BCUT2D eigenvalue weighted by Crippen LogP contribution is -2.48. The van der Waals surface area contributed by atoms with Gasteiger partial charge in [-0.1, -0.05) is 72.8 Å². The highest BCUT2D eigenvalue weighted by molar-refractivity contribution is 6.03. The molecule has 0 saturated carbocycles. The fraction of sp³-hybridized carbons (Fsp3) is 0.179. The maximum atomic E-state index is 12.9. The van der Waals surface area contributed by atoms with Crippen LogP contribution in [-0.4, -0.2) is 34.2 Å². The highest BCUT2D eigenvalue weighted by atomic mass is 16.5. The van der Waals surface area contributed by atoms with Crippen LogP contribution < -0.4 is 15.0 Å². The fourth-order valence-electron chi connectivity index (χ4n) is 4.20. The standard InChI is InChI=1S/C28H26N4O3/c1-20-28(34)32(24-14-8-9-15-25(24)35-20)19-26(33)29-16-23-18-31(17-21-10-4-2-5-11-21)30-27(23)22-12-6-3-7-13-22/h2-15,18,20H,16-17,19H2,1H3,(H,29,33). The third kappa shape index (κ3) is 4.94. The molecule has 1 atom stereocenters. The van der Waals surface area contributed by atoms with Gasteiger partial charge in [0.05, 0.1) is 17.9 Å². The summed E-state index contributed by atoms with van der Waals surface area (Å²) in [5.74, 6) is 0.109. The number of nitrogens with zero attached hydrogens (tertiary/aromatic N) is 3. The van der Waals surface area contributed by atoms with Crippen LogP contribution in [0.5, 0.6) is 5.75 Å². The van der Waals surface area contributed by atoms with Crippen molar-refractivity contribution < 1.29 is 14.3 Å². The number of rotatable bonds is 7. The number of carbonyl (C=O) groups excluding carboxylic acids is 2. The summed E-state index contributed by atoms with van der Waals surface area (Å²) in [6.45, 7) is 2.54. The molecular weight excluding hydrogens is 440 g/mol. The summed E-state index contributed by atoms with van der Waals surface area (Å²) in [6, 6.07) is 27.3. The molecule has 0 bridgehead atoms. The summed E-state index contributed by atoms with van der Waals surface area (Å²) >= 11 is 0. The molecule has 1 aromatic heterocycles. The number of amides is 2. The second-order valence-corrected chi connectivity index (χ2v) is 8.48. The molecule has 0 radical (unpaired) electrons. The third-order valence-corrected chi connectivity index (χ3v) is 5.92. The van der Waals surface area contributed by atoms with Gasteiger partial charge < -0.3 is 10.1 Å². The normalized spacial score (nSPS) is 14.8. The van der Waals surface area contributed by atoms with Gasteiger partial charge in [0.2, 0.25) is 5.91 Å². The molecule has 4 aromatic rings. The Bertz CT molecular complexity index is 1330. The van der Waals surface area contributed by atoms with Crippen LogP contribution in [0.1, 0.15) is 18.1 Å². The molecule has 35 heavy (non-hydrogen) atoms. The lowest BCUT2D eigenvalue weighted by atomic mass is 10.1. The maximum absolute atomic E-state index is 12.9. The van der Waals surface area contributed by atoms with E-state index in [1.807, 2.05) is 71.5 Å². The average Bonchev–Trinajstić information content (AvgIpc) is 3.29. The molecule has 0 aliphatic carbocycles. The van der Waals surface area contributed by atoms with E-state index < -0.39 is 6.10 Å². The number of hydrogen-bond acceptors (Lipinski definition) is 4. The number of para-hydroxylation sites is 2. The molecular formula is C28H26N4O3. The number of aromatic nitrogens is 2. The van der Waals surface area contributed by atoms with Gasteiger partial charge >= 0.3 is 0 Å². The molecule has 1 unspecified atom stereocenters. The van der Waals surface area contributed by atoms with E-state index in [4.69, 9.17) is 9.84 Å². The van der Waals surface area contributed by atoms with Gasteiger partial charge in [-0.2, -0.15) is 5.10 Å². The first-order valence-electron chi connectivity index (χ1n) is 11.6. The molecule has 0 spiro atoms. The Kier molecular flexibility index (Phi) is 6.30. The van der Waals surface area contributed by atoms with E-state index in [0.29, 0.717) is 24.5 Å². The van der Waals surface area contributed by atoms with Gasteiger partial charge in [0, 0.05) is 23.9 Å². The van der Waals surface area contributed by atoms with E-state index in [9.17, 15) is 9.59 Å². The van der Waals surface area contributed by atoms with E-state index in [0.717, 1.165) is 22.4 Å². The van der Waals surface area contributed by atoms with E-state index in [2.05, 4.69) is 17.4 Å². The van der Waals surface area contributed by atoms with Crippen LogP contribution in [0.3, 0.4) is 0 Å². The van der Waals surface area contributed by atoms with Crippen molar-refractivity contribution in [2.75, 3.05) is 11.4 Å². The molecule has 2 amide bonds. The number of ether oxygens (including phenoxy) is 1. The van der Waals surface area contributed by atoms with Crippen molar-refractivity contribution >= 4 is 17.5 Å². The Morgan fingerprint density at radius 2 is 1.66 bits per heavy atom. The number of nitrogens with one attached hydrogen (secondary N) is 1. The largest absolute Gasteiger partial charge is 0.479 e. The third-order valence-electron chi connectivity index (χ3n) is 5.92. The summed E-state index contributed by atoms with van der Waals surface area (Å²) < 4.78 is 7.56. The molecule has 2 heterocycles. The number of fused-ring (bicyclic) bond motifs is 1. The monoisotopic (exact) mass is 466 g/mol. The maximum Gasteiger partial charge on any atom is 0.268 e. The van der Waals surface area contributed by atoms with Crippen molar-refractivity contribution in [3.63, 3.8) is 0 Å². The van der Waals surface area contributed by atoms with Gasteiger partial charge in [-0.25, -0.2) is 0 Å². The molecule has 5 rings (SSSR count). The molecule has 0 fully saturated rings. The van der Waals surface area contributed by atoms with Crippen molar-refractivity contribution in [1.82, 2.24) is 15.1 Å². The molecule has 7 heteroatoms. The predicted octanol–water partition coefficient (Wildman–Crippen LogP) is 4.03. The minimum atomic E-state index is -0.640. The molecule has 0 saturated heterocycles. The van der Waals surface area contributed by atoms with Crippen LogP contribution in [0.2, 0.25) is 0 Å². The molecule has 1 N–H and O–H groups in total. The summed E-state index contributed by atoms with van der Waals surface area (Å²) in [6.07, 6.45) is 1.32. The molecule has 1 aliphatic heterocycles. The second-order valence-electron chi connectivity index (χ2n) is 8.48. The van der Waals surface area contributed by atoms with Gasteiger partial charge in [-0.15, -0.1) is 0 Å². The van der Waals surface area contributed by atoms with Crippen LogP contribution in [0.25, 0.3) is 11.3 Å². The van der Waals surface area contributed by atoms with Crippen molar-refractivity contribution in [3.05, 3.63) is 102 Å². The fourth-order valence-corrected chi connectivity index (χ4v) is 4.20. The predicted molar refractivity (Wildman–Crippen MR) is 134 cm³/mol. The highest BCUT2D eigenvalue weighted by Gasteiger charge is 2.32. The van der Waals surface area contributed by atoms with Crippen LogP contribution in [0.4, 0.5) is 5.69 Å². The number of anilines is 1. The first kappa shape index (κ1) is 22.4. The van der Waals surface area contributed by atoms with Crippen molar-refractivity contribution in [2.24, 2.45) is 0 Å². The van der Waals surface area contributed by atoms with E-state index in [1.54, 1.807) is 19.1 Å². The zero-order valence-electron chi connectivity index (χ0n) is 19.4. The molecule has 3 aromatic carbocycles. The quantitative estimate of drug-likeness (QED) is 0.446. The van der Waals surface area contributed by atoms with Gasteiger partial charge in [0.15, 0.2) is 6.10 Å². The van der Waals surface area contributed by atoms with Crippen LogP contribution in [0, 0.1) is 0 Å². The number of carbonyl (C=O) groups is 2. The SMILES string of the molecule is CC1Oc2ccccc2N(CC(=O)NCc2cn(Cc3ccccc3)nc2-c2ccccc2)C1=O. The van der Waals surface area contributed by atoms with E-state index >= 15 is 0 Å². The average molecular weight is 467 g/mol. The van der Waals surface area contributed by atoms with E-state index in [1.165, 1.54) is 4.90 Å². The topological polar surface area (TPSA) is 76.5 Å². The van der Waals surface area contributed by atoms with Crippen LogP contribution in [-0.2, 0) is 22.7 Å². The minimum Gasteiger partial charge on any atom is -0.479 e. The zero-order valence-corrected chi connectivity index (χ0v) is 19.4. The first-order valence-corrected chi connectivity index (χ1v) is 11.6. The Labute approximate surface area is 204 Å². The van der Waals surface area contributed by atoms with Gasteiger partial charge in [0.25, 0.3) is 5.91 Å². The second kappa shape index (κ2) is 9.85. The van der Waals surface area contributed by atoms with Gasteiger partial charge in [-0.05, 0) is 24.6 Å². The summed E-state index contributed by atoms with van der Waals surface area (Å²) in [5, 5.41) is 7.78. The minimum absolute atomic E-state index is 0.0810. The van der Waals surface area contributed by atoms with Gasteiger partial charge in [-0.3, -0.25) is 19.2 Å². The first-order chi connectivity index (χ1) is 17.1. The van der Waals surface area contributed by atoms with E-state index in [-0.39, 0.29) is 18.4 Å². The van der Waals surface area contributed by atoms with Crippen molar-refractivity contribution in [1.29, 1.82) is 0 Å². The van der Waals surface area contributed by atoms with Gasteiger partial charge in [0.1, 0.15) is 12.3 Å². The Balaban J connectivity index is 1.33. The number of benzene rings is 3. The summed E-state index contributed by atoms with van der Waals surface area (Å²) in [5.41, 5.74) is 4.45. The van der Waals surface area contributed by atoms with Crippen molar-refractivity contribution in [2.45, 2.75) is 26.1 Å². The Morgan fingerprint density at radius 1 is 0.971 bits per heavy atom. The smallest absolute Gasteiger partial charge is 0.268 e. The van der Waals surface area contributed by atoms with Crippen LogP contribution >= 0.6 is 0 Å².